The summed E-state index contributed by atoms with van der Waals surface area (Å²) in [6, 6.07) is 13.3. The number of amides is 1. The Hall–Kier alpha value is -3.78. The number of H-pyrrole nitrogens is 1. The maximum absolute atomic E-state index is 12.8. The number of benzene rings is 2. The zero-order valence-corrected chi connectivity index (χ0v) is 19.2. The largest absolute Gasteiger partial charge is 0.494 e. The van der Waals surface area contributed by atoms with Crippen molar-refractivity contribution in [3.63, 3.8) is 0 Å². The number of hydrogen-bond acceptors (Lipinski definition) is 5. The third kappa shape index (κ3) is 4.36. The predicted octanol–water partition coefficient (Wildman–Crippen LogP) is 5.11. The van der Waals surface area contributed by atoms with E-state index in [2.05, 4.69) is 21.6 Å². The Bertz CT molecular complexity index is 1300. The van der Waals surface area contributed by atoms with Crippen molar-refractivity contribution < 1.29 is 14.3 Å². The van der Waals surface area contributed by atoms with Crippen molar-refractivity contribution in [2.24, 2.45) is 0 Å². The molecule has 8 nitrogen and oxygen atoms in total. The third-order valence-corrected chi connectivity index (χ3v) is 6.21. The summed E-state index contributed by atoms with van der Waals surface area (Å²) in [7, 11) is 0. The first-order valence-corrected chi connectivity index (χ1v) is 11.4. The van der Waals surface area contributed by atoms with E-state index in [4.69, 9.17) is 21.1 Å². The summed E-state index contributed by atoms with van der Waals surface area (Å²) in [6.45, 7) is 5.35. The number of nitrogens with one attached hydrogen (secondary N) is 1. The lowest BCUT2D eigenvalue weighted by atomic mass is 9.92. The monoisotopic (exact) mass is 477 g/mol. The Morgan fingerprint density at radius 3 is 2.88 bits per heavy atom. The molecule has 1 N–H and O–H groups in total. The quantitative estimate of drug-likeness (QED) is 0.295. The van der Waals surface area contributed by atoms with Crippen LogP contribution in [0.5, 0.6) is 5.75 Å². The van der Waals surface area contributed by atoms with E-state index in [1.165, 1.54) is 11.9 Å². The summed E-state index contributed by atoms with van der Waals surface area (Å²) in [5, 5.41) is 5.85. The van der Waals surface area contributed by atoms with Gasteiger partial charge in [0.2, 0.25) is 0 Å². The number of hydrogen-bond donors (Lipinski definition) is 1. The normalized spacial score (nSPS) is 15.2. The van der Waals surface area contributed by atoms with E-state index >= 15 is 0 Å². The number of rotatable bonds is 7. The van der Waals surface area contributed by atoms with E-state index < -0.39 is 6.09 Å². The number of ether oxygens (including phenoxy) is 2. The molecule has 3 heterocycles. The van der Waals surface area contributed by atoms with E-state index in [0.29, 0.717) is 24.6 Å². The van der Waals surface area contributed by atoms with E-state index in [1.807, 2.05) is 42.5 Å². The minimum absolute atomic E-state index is 0.330. The summed E-state index contributed by atoms with van der Waals surface area (Å²) in [5.74, 6) is 0.766. The van der Waals surface area contributed by atoms with Gasteiger partial charge in [0.25, 0.3) is 0 Å². The summed E-state index contributed by atoms with van der Waals surface area (Å²) in [6.07, 6.45) is 5.45. The minimum Gasteiger partial charge on any atom is -0.494 e. The molecule has 1 aliphatic rings. The highest BCUT2D eigenvalue weighted by Gasteiger charge is 2.35. The number of aromatic nitrogens is 4. The van der Waals surface area contributed by atoms with Gasteiger partial charge in [0, 0.05) is 41.1 Å². The Morgan fingerprint density at radius 1 is 1.26 bits per heavy atom. The van der Waals surface area contributed by atoms with Gasteiger partial charge in [0.1, 0.15) is 24.4 Å². The maximum Gasteiger partial charge on any atom is 0.415 e. The van der Waals surface area contributed by atoms with Gasteiger partial charge in [-0.05, 0) is 47.9 Å². The minimum atomic E-state index is -0.434. The van der Waals surface area contributed by atoms with Gasteiger partial charge in [-0.3, -0.25) is 9.58 Å². The van der Waals surface area contributed by atoms with E-state index in [9.17, 15) is 4.79 Å². The van der Waals surface area contributed by atoms with Crippen LogP contribution in [0.25, 0.3) is 10.9 Å². The number of aryl methyl sites for hydroxylation is 1. The maximum atomic E-state index is 12.8. The molecule has 5 rings (SSSR count). The lowest BCUT2D eigenvalue weighted by Crippen LogP contribution is -2.40. The Balaban J connectivity index is 1.39. The summed E-state index contributed by atoms with van der Waals surface area (Å²) >= 11 is 6.26. The summed E-state index contributed by atoms with van der Waals surface area (Å²) < 4.78 is 12.8. The Labute approximate surface area is 201 Å². The molecule has 0 fully saturated rings. The highest BCUT2D eigenvalue weighted by Crippen LogP contribution is 2.39. The predicted molar refractivity (Wildman–Crippen MR) is 129 cm³/mol. The molecular weight excluding hydrogens is 454 g/mol. The molecule has 0 saturated carbocycles. The highest BCUT2D eigenvalue weighted by molar-refractivity contribution is 6.31. The molecule has 0 spiro atoms. The molecular formula is C25H24ClN5O3. The summed E-state index contributed by atoms with van der Waals surface area (Å²) in [5.41, 5.74) is 4.07. The molecule has 2 aromatic carbocycles. The molecule has 2 aromatic heterocycles. The van der Waals surface area contributed by atoms with Crippen LogP contribution in [0.2, 0.25) is 5.02 Å². The number of nitrogens with zero attached hydrogens (tertiary/aromatic N) is 4. The van der Waals surface area contributed by atoms with E-state index in [-0.39, 0.29) is 6.04 Å². The number of carbonyl (C=O) groups excluding carboxylic acids is 1. The van der Waals surface area contributed by atoms with Crippen LogP contribution < -0.4 is 4.74 Å². The average Bonchev–Trinajstić information content (AvgIpc) is 3.49. The van der Waals surface area contributed by atoms with Gasteiger partial charge in [-0.15, -0.1) is 0 Å². The lowest BCUT2D eigenvalue weighted by Gasteiger charge is -2.35. The average molecular weight is 478 g/mol. The van der Waals surface area contributed by atoms with E-state index in [0.717, 1.165) is 47.1 Å². The standard InChI is InChI=1S/C25H24ClN5O3/c1-2-33-25(32)31-12-10-20-21-14-18(26)6-9-22(21)29-23(20)24(31)17-4-7-19(8-5-17)34-13-3-11-30-16-27-15-28-30/h2,4-9,14-16,24,29H,1,3,10-13H2. The van der Waals surface area contributed by atoms with Crippen LogP contribution in [0.1, 0.15) is 29.3 Å². The van der Waals surface area contributed by atoms with Crippen LogP contribution in [0.15, 0.2) is 68.0 Å². The summed E-state index contributed by atoms with van der Waals surface area (Å²) in [4.78, 5) is 21.9. The zero-order chi connectivity index (χ0) is 23.5. The fourth-order valence-electron chi connectivity index (χ4n) is 4.45. The second kappa shape index (κ2) is 9.61. The van der Waals surface area contributed by atoms with Crippen LogP contribution >= 0.6 is 11.6 Å². The SMILES string of the molecule is C=COC(=O)N1CCc2c([nH]c3ccc(Cl)cc23)C1c1ccc(OCCCn2cncn2)cc1. The van der Waals surface area contributed by atoms with Crippen LogP contribution in [-0.4, -0.2) is 43.9 Å². The van der Waals surface area contributed by atoms with Crippen molar-refractivity contribution in [3.8, 4) is 5.75 Å². The second-order valence-corrected chi connectivity index (χ2v) is 8.47. The molecule has 0 radical (unpaired) electrons. The fourth-order valence-corrected chi connectivity index (χ4v) is 4.63. The molecule has 4 aromatic rings. The van der Waals surface area contributed by atoms with Crippen LogP contribution in [0, 0.1) is 0 Å². The number of carbonyl (C=O) groups is 1. The Kier molecular flexibility index (Phi) is 6.22. The molecule has 174 valence electrons. The molecule has 0 saturated heterocycles. The van der Waals surface area contributed by atoms with Crippen LogP contribution in [-0.2, 0) is 17.7 Å². The van der Waals surface area contributed by atoms with Crippen LogP contribution in [0.4, 0.5) is 4.79 Å². The smallest absolute Gasteiger partial charge is 0.415 e. The van der Waals surface area contributed by atoms with Gasteiger partial charge < -0.3 is 14.5 Å². The van der Waals surface area contributed by atoms with Gasteiger partial charge in [-0.2, -0.15) is 5.10 Å². The highest BCUT2D eigenvalue weighted by atomic mass is 35.5. The topological polar surface area (TPSA) is 85.3 Å². The third-order valence-electron chi connectivity index (χ3n) is 5.97. The first kappa shape index (κ1) is 22.0. The van der Waals surface area contributed by atoms with Gasteiger partial charge in [0.05, 0.1) is 12.9 Å². The molecule has 1 amide bonds. The molecule has 1 aliphatic heterocycles. The molecule has 1 unspecified atom stereocenters. The van der Waals surface area contributed by atoms with Gasteiger partial charge in [-0.25, -0.2) is 9.78 Å². The van der Waals surface area contributed by atoms with Crippen molar-refractivity contribution in [2.45, 2.75) is 25.4 Å². The molecule has 1 atom stereocenters. The van der Waals surface area contributed by atoms with Gasteiger partial charge in [0.15, 0.2) is 0 Å². The number of aromatic amines is 1. The zero-order valence-electron chi connectivity index (χ0n) is 18.5. The molecule has 0 aliphatic carbocycles. The Morgan fingerprint density at radius 2 is 2.12 bits per heavy atom. The number of fused-ring (bicyclic) bond motifs is 3. The van der Waals surface area contributed by atoms with Gasteiger partial charge in [-0.1, -0.05) is 30.3 Å². The fraction of sp³-hybridized carbons (Fsp3) is 0.240. The molecule has 9 heteroatoms. The van der Waals surface area contributed by atoms with Crippen LogP contribution in [0.3, 0.4) is 0 Å². The van der Waals surface area contributed by atoms with Gasteiger partial charge >= 0.3 is 6.09 Å². The number of halogens is 1. The first-order chi connectivity index (χ1) is 16.6. The van der Waals surface area contributed by atoms with Crippen molar-refractivity contribution in [1.29, 1.82) is 0 Å². The second-order valence-electron chi connectivity index (χ2n) is 8.03. The first-order valence-electron chi connectivity index (χ1n) is 11.1. The molecule has 0 bridgehead atoms. The van der Waals surface area contributed by atoms with Crippen molar-refractivity contribution in [1.82, 2.24) is 24.6 Å². The van der Waals surface area contributed by atoms with Crippen molar-refractivity contribution in [2.75, 3.05) is 13.2 Å². The molecule has 34 heavy (non-hydrogen) atoms. The van der Waals surface area contributed by atoms with Crippen molar-refractivity contribution >= 4 is 28.6 Å². The van der Waals surface area contributed by atoms with E-state index in [1.54, 1.807) is 15.9 Å². The lowest BCUT2D eigenvalue weighted by molar-refractivity contribution is 0.121. The van der Waals surface area contributed by atoms with Crippen molar-refractivity contribution in [3.05, 3.63) is 89.8 Å².